The van der Waals surface area contributed by atoms with Crippen molar-refractivity contribution >= 4 is 10.8 Å². The molecule has 106 valence electrons. The van der Waals surface area contributed by atoms with Crippen molar-refractivity contribution in [1.29, 1.82) is 0 Å². The molecule has 3 heteroatoms. The number of benzene rings is 3. The van der Waals surface area contributed by atoms with E-state index in [0.717, 1.165) is 22.3 Å². The summed E-state index contributed by atoms with van der Waals surface area (Å²) in [6.07, 6.45) is 0. The zero-order chi connectivity index (χ0) is 14.8. The largest absolute Gasteiger partial charge is 0.496 e. The molecule has 0 saturated heterocycles. The molecule has 0 aliphatic carbocycles. The van der Waals surface area contributed by atoms with Gasteiger partial charge in [0.15, 0.2) is 0 Å². The third-order valence-corrected chi connectivity index (χ3v) is 3.71. The molecule has 2 N–H and O–H groups in total. The van der Waals surface area contributed by atoms with Crippen molar-refractivity contribution in [2.24, 2.45) is 5.73 Å². The third-order valence-electron chi connectivity index (χ3n) is 3.71. The minimum atomic E-state index is -0.369. The number of ether oxygens (including phenoxy) is 1. The Bertz CT molecular complexity index is 785. The summed E-state index contributed by atoms with van der Waals surface area (Å²) < 4.78 is 19.3. The molecule has 0 aromatic heterocycles. The fourth-order valence-electron chi connectivity index (χ4n) is 2.65. The molecule has 21 heavy (non-hydrogen) atoms. The maximum atomic E-state index is 13.9. The number of para-hydroxylation sites is 1. The van der Waals surface area contributed by atoms with Gasteiger partial charge in [0.2, 0.25) is 0 Å². The Morgan fingerprint density at radius 3 is 2.29 bits per heavy atom. The van der Waals surface area contributed by atoms with E-state index in [4.69, 9.17) is 10.5 Å². The molecule has 2 nitrogen and oxygen atoms in total. The molecule has 0 bridgehead atoms. The molecule has 0 heterocycles. The van der Waals surface area contributed by atoms with E-state index in [1.807, 2.05) is 42.5 Å². The monoisotopic (exact) mass is 281 g/mol. The second-order valence-corrected chi connectivity index (χ2v) is 4.90. The van der Waals surface area contributed by atoms with Crippen LogP contribution in [-0.2, 0) is 0 Å². The number of hydrogen-bond acceptors (Lipinski definition) is 2. The first-order valence-corrected chi connectivity index (χ1v) is 6.78. The van der Waals surface area contributed by atoms with Crippen molar-refractivity contribution in [2.75, 3.05) is 7.11 Å². The molecule has 1 atom stereocenters. The van der Waals surface area contributed by atoms with Gasteiger partial charge in [0.1, 0.15) is 11.6 Å². The summed E-state index contributed by atoms with van der Waals surface area (Å²) in [5.41, 5.74) is 8.18. The van der Waals surface area contributed by atoms with Gasteiger partial charge in [0.25, 0.3) is 0 Å². The minimum Gasteiger partial charge on any atom is -0.496 e. The van der Waals surface area contributed by atoms with Crippen LogP contribution in [0.4, 0.5) is 4.39 Å². The van der Waals surface area contributed by atoms with Crippen molar-refractivity contribution in [3.05, 3.63) is 77.6 Å². The number of hydrogen-bond donors (Lipinski definition) is 1. The highest BCUT2D eigenvalue weighted by Gasteiger charge is 2.17. The number of halogens is 1. The Labute approximate surface area is 123 Å². The van der Waals surface area contributed by atoms with Gasteiger partial charge < -0.3 is 10.5 Å². The standard InChI is InChI=1S/C18H16FNO/c1-21-17-9-5-4-8-15(17)18(20)14-10-11-16(19)13-7-3-2-6-12(13)14/h2-11,18H,20H2,1H3. The zero-order valence-electron chi connectivity index (χ0n) is 11.7. The van der Waals surface area contributed by atoms with Gasteiger partial charge in [-0.3, -0.25) is 0 Å². The van der Waals surface area contributed by atoms with Gasteiger partial charge in [-0.15, -0.1) is 0 Å². The molecule has 0 fully saturated rings. The van der Waals surface area contributed by atoms with Crippen LogP contribution in [0.5, 0.6) is 5.75 Å². The number of fused-ring (bicyclic) bond motifs is 1. The predicted octanol–water partition coefficient (Wildman–Crippen LogP) is 4.04. The van der Waals surface area contributed by atoms with Crippen LogP contribution in [-0.4, -0.2) is 7.11 Å². The average molecular weight is 281 g/mol. The van der Waals surface area contributed by atoms with Crippen LogP contribution < -0.4 is 10.5 Å². The van der Waals surface area contributed by atoms with E-state index in [9.17, 15) is 4.39 Å². The van der Waals surface area contributed by atoms with Gasteiger partial charge in [-0.2, -0.15) is 0 Å². The molecule has 3 aromatic carbocycles. The van der Waals surface area contributed by atoms with Gasteiger partial charge in [-0.05, 0) is 23.1 Å². The Kier molecular flexibility index (Phi) is 3.59. The maximum absolute atomic E-state index is 13.9. The van der Waals surface area contributed by atoms with E-state index in [1.54, 1.807) is 19.2 Å². The quantitative estimate of drug-likeness (QED) is 0.786. The Hall–Kier alpha value is -2.39. The van der Waals surface area contributed by atoms with Crippen LogP contribution in [0.3, 0.4) is 0 Å². The first-order chi connectivity index (χ1) is 10.2. The molecule has 3 rings (SSSR count). The smallest absolute Gasteiger partial charge is 0.131 e. The maximum Gasteiger partial charge on any atom is 0.131 e. The SMILES string of the molecule is COc1ccccc1C(N)c1ccc(F)c2ccccc12. The Morgan fingerprint density at radius 1 is 0.857 bits per heavy atom. The van der Waals surface area contributed by atoms with E-state index < -0.39 is 0 Å². The lowest BCUT2D eigenvalue weighted by Crippen LogP contribution is -2.13. The van der Waals surface area contributed by atoms with Crippen molar-refractivity contribution in [3.8, 4) is 5.75 Å². The number of rotatable bonds is 3. The molecule has 0 aliphatic rings. The summed E-state index contributed by atoms with van der Waals surface area (Å²) in [5.74, 6) is 0.500. The van der Waals surface area contributed by atoms with Gasteiger partial charge >= 0.3 is 0 Å². The fourth-order valence-corrected chi connectivity index (χ4v) is 2.65. The fraction of sp³-hybridized carbons (Fsp3) is 0.111. The highest BCUT2D eigenvalue weighted by molar-refractivity contribution is 5.87. The lowest BCUT2D eigenvalue weighted by molar-refractivity contribution is 0.408. The van der Waals surface area contributed by atoms with Crippen LogP contribution in [0.15, 0.2) is 60.7 Å². The molecule has 0 amide bonds. The summed E-state index contributed by atoms with van der Waals surface area (Å²) in [6.45, 7) is 0. The summed E-state index contributed by atoms with van der Waals surface area (Å²) in [7, 11) is 1.62. The first kappa shape index (κ1) is 13.6. The minimum absolute atomic E-state index is 0.235. The van der Waals surface area contributed by atoms with E-state index in [-0.39, 0.29) is 11.9 Å². The van der Waals surface area contributed by atoms with Crippen molar-refractivity contribution < 1.29 is 9.13 Å². The van der Waals surface area contributed by atoms with Crippen LogP contribution in [0.1, 0.15) is 17.2 Å². The molecule has 0 saturated carbocycles. The van der Waals surface area contributed by atoms with E-state index in [1.165, 1.54) is 6.07 Å². The summed E-state index contributed by atoms with van der Waals surface area (Å²) in [4.78, 5) is 0. The average Bonchev–Trinajstić information content (AvgIpc) is 2.55. The second-order valence-electron chi connectivity index (χ2n) is 4.90. The van der Waals surface area contributed by atoms with Gasteiger partial charge in [0, 0.05) is 10.9 Å². The number of methoxy groups -OCH3 is 1. The normalized spacial score (nSPS) is 12.3. The van der Waals surface area contributed by atoms with Gasteiger partial charge in [0.05, 0.1) is 13.2 Å². The van der Waals surface area contributed by atoms with Crippen LogP contribution in [0.2, 0.25) is 0 Å². The van der Waals surface area contributed by atoms with Gasteiger partial charge in [-0.1, -0.05) is 48.5 Å². The molecular formula is C18H16FNO. The summed E-state index contributed by atoms with van der Waals surface area (Å²) in [6, 6.07) is 17.8. The second kappa shape index (κ2) is 5.54. The van der Waals surface area contributed by atoms with E-state index in [2.05, 4.69) is 0 Å². The molecular weight excluding hydrogens is 265 g/mol. The molecule has 0 aliphatic heterocycles. The van der Waals surface area contributed by atoms with Crippen LogP contribution in [0, 0.1) is 5.82 Å². The van der Waals surface area contributed by atoms with Crippen molar-refractivity contribution in [3.63, 3.8) is 0 Å². The van der Waals surface area contributed by atoms with Gasteiger partial charge in [-0.25, -0.2) is 4.39 Å². The molecule has 3 aromatic rings. The number of nitrogens with two attached hydrogens (primary N) is 1. The highest BCUT2D eigenvalue weighted by Crippen LogP contribution is 2.32. The Morgan fingerprint density at radius 2 is 1.52 bits per heavy atom. The lowest BCUT2D eigenvalue weighted by atomic mass is 9.93. The molecule has 1 unspecified atom stereocenters. The Balaban J connectivity index is 2.18. The lowest BCUT2D eigenvalue weighted by Gasteiger charge is -2.18. The topological polar surface area (TPSA) is 35.2 Å². The predicted molar refractivity (Wildman–Crippen MR) is 82.9 cm³/mol. The third kappa shape index (κ3) is 2.36. The van der Waals surface area contributed by atoms with E-state index in [0.29, 0.717) is 5.39 Å². The van der Waals surface area contributed by atoms with E-state index >= 15 is 0 Å². The summed E-state index contributed by atoms with van der Waals surface area (Å²) in [5, 5.41) is 1.41. The summed E-state index contributed by atoms with van der Waals surface area (Å²) >= 11 is 0. The van der Waals surface area contributed by atoms with Crippen molar-refractivity contribution in [1.82, 2.24) is 0 Å². The van der Waals surface area contributed by atoms with Crippen LogP contribution in [0.25, 0.3) is 10.8 Å². The zero-order valence-corrected chi connectivity index (χ0v) is 11.7. The molecule has 0 radical (unpaired) electrons. The van der Waals surface area contributed by atoms with Crippen LogP contribution >= 0.6 is 0 Å². The first-order valence-electron chi connectivity index (χ1n) is 6.78. The van der Waals surface area contributed by atoms with Crippen molar-refractivity contribution in [2.45, 2.75) is 6.04 Å². The molecule has 0 spiro atoms. The highest BCUT2D eigenvalue weighted by atomic mass is 19.1.